The van der Waals surface area contributed by atoms with E-state index in [1.807, 2.05) is 0 Å². The molecule has 24 heavy (non-hydrogen) atoms. The van der Waals surface area contributed by atoms with Gasteiger partial charge in [0.1, 0.15) is 12.7 Å². The molecular formula is C14H14F3N3O4. The molecule has 2 N–H and O–H groups in total. The van der Waals surface area contributed by atoms with Crippen LogP contribution >= 0.6 is 0 Å². The van der Waals surface area contributed by atoms with Gasteiger partial charge in [-0.25, -0.2) is 9.59 Å². The number of benzene rings is 1. The fraction of sp³-hybridized carbons (Fsp3) is 0.429. The number of hydrogen-bond donors (Lipinski definition) is 1. The largest absolute Gasteiger partial charge is 0.447 e. The number of carbonyl (C=O) groups excluding carboxylic acids is 2. The lowest BCUT2D eigenvalue weighted by molar-refractivity contribution is -0.137. The molecule has 0 bridgehead atoms. The summed E-state index contributed by atoms with van der Waals surface area (Å²) in [6.07, 6.45) is -6.87. The first-order valence-electron chi connectivity index (χ1n) is 7.15. The number of hydrogen-bond acceptors (Lipinski definition) is 5. The third-order valence-corrected chi connectivity index (χ3v) is 3.79. The summed E-state index contributed by atoms with van der Waals surface area (Å²) >= 11 is 0. The lowest BCUT2D eigenvalue weighted by Gasteiger charge is -2.22. The lowest BCUT2D eigenvalue weighted by Crippen LogP contribution is -2.29. The summed E-state index contributed by atoms with van der Waals surface area (Å²) < 4.78 is 49.8. The maximum absolute atomic E-state index is 13.4. The minimum Gasteiger partial charge on any atom is -0.447 e. The first-order valence-corrected chi connectivity index (χ1v) is 7.15. The zero-order chi connectivity index (χ0) is 17.5. The second-order valence-corrected chi connectivity index (χ2v) is 5.32. The number of nitrogens with two attached hydrogens (primary N) is 1. The van der Waals surface area contributed by atoms with E-state index in [4.69, 9.17) is 10.5 Å². The van der Waals surface area contributed by atoms with Crippen LogP contribution in [0.3, 0.4) is 0 Å². The van der Waals surface area contributed by atoms with Gasteiger partial charge in [-0.05, 0) is 18.2 Å². The summed E-state index contributed by atoms with van der Waals surface area (Å²) in [4.78, 5) is 25.3. The molecule has 0 saturated carbocycles. The number of cyclic esters (lactones) is 2. The van der Waals surface area contributed by atoms with Crippen LogP contribution in [0.1, 0.15) is 5.56 Å². The number of carbonyl (C=O) groups is 2. The van der Waals surface area contributed by atoms with Crippen LogP contribution in [0.4, 0.5) is 34.1 Å². The topological polar surface area (TPSA) is 85.1 Å². The minimum atomic E-state index is -4.70. The molecule has 1 atom stereocenters. The van der Waals surface area contributed by atoms with Crippen molar-refractivity contribution in [3.05, 3.63) is 23.8 Å². The van der Waals surface area contributed by atoms with Crippen molar-refractivity contribution in [2.24, 2.45) is 5.73 Å². The fourth-order valence-corrected chi connectivity index (χ4v) is 2.62. The molecule has 2 aliphatic heterocycles. The lowest BCUT2D eigenvalue weighted by atomic mass is 10.1. The number of anilines is 2. The van der Waals surface area contributed by atoms with Crippen LogP contribution in [0.5, 0.6) is 0 Å². The zero-order valence-corrected chi connectivity index (χ0v) is 12.4. The molecule has 2 saturated heterocycles. The van der Waals surface area contributed by atoms with Gasteiger partial charge in [0.2, 0.25) is 0 Å². The molecule has 0 radical (unpaired) electrons. The first kappa shape index (κ1) is 16.4. The van der Waals surface area contributed by atoms with E-state index in [-0.39, 0.29) is 37.6 Å². The zero-order valence-electron chi connectivity index (χ0n) is 12.4. The Labute approximate surface area is 134 Å². The summed E-state index contributed by atoms with van der Waals surface area (Å²) in [5, 5.41) is 0. The van der Waals surface area contributed by atoms with Gasteiger partial charge in [-0.15, -0.1) is 0 Å². The minimum absolute atomic E-state index is 0.0223. The number of nitrogens with zero attached hydrogens (tertiary/aromatic N) is 2. The Hall–Kier alpha value is -2.49. The first-order chi connectivity index (χ1) is 11.3. The molecule has 1 aromatic carbocycles. The van der Waals surface area contributed by atoms with Crippen LogP contribution in [-0.4, -0.2) is 44.5 Å². The van der Waals surface area contributed by atoms with Crippen molar-refractivity contribution in [1.29, 1.82) is 0 Å². The van der Waals surface area contributed by atoms with Gasteiger partial charge in [0, 0.05) is 12.2 Å². The molecule has 1 unspecified atom stereocenters. The highest BCUT2D eigenvalue weighted by Gasteiger charge is 2.39. The van der Waals surface area contributed by atoms with Crippen molar-refractivity contribution in [3.8, 4) is 0 Å². The fourth-order valence-electron chi connectivity index (χ4n) is 2.62. The Morgan fingerprint density at radius 3 is 2.50 bits per heavy atom. The van der Waals surface area contributed by atoms with Crippen molar-refractivity contribution in [3.63, 3.8) is 0 Å². The van der Waals surface area contributed by atoms with Gasteiger partial charge in [0.15, 0.2) is 0 Å². The van der Waals surface area contributed by atoms with E-state index in [1.54, 1.807) is 0 Å². The highest BCUT2D eigenvalue weighted by molar-refractivity contribution is 5.93. The number of ether oxygens (including phenoxy) is 2. The summed E-state index contributed by atoms with van der Waals surface area (Å²) in [5.74, 6) is 0. The number of halogens is 3. The van der Waals surface area contributed by atoms with Gasteiger partial charge >= 0.3 is 18.4 Å². The Morgan fingerprint density at radius 1 is 1.21 bits per heavy atom. The van der Waals surface area contributed by atoms with E-state index in [0.717, 1.165) is 21.9 Å². The predicted molar refractivity (Wildman–Crippen MR) is 76.8 cm³/mol. The molecule has 2 amide bonds. The van der Waals surface area contributed by atoms with Crippen molar-refractivity contribution in [1.82, 2.24) is 0 Å². The SMILES string of the molecule is NCC1CN(c2ccc(N3CCOC3=O)c(C(F)(F)F)c2)C(=O)O1. The van der Waals surface area contributed by atoms with Crippen LogP contribution in [-0.2, 0) is 15.7 Å². The molecule has 2 fully saturated rings. The van der Waals surface area contributed by atoms with Gasteiger partial charge in [0.05, 0.1) is 24.3 Å². The summed E-state index contributed by atoms with van der Waals surface area (Å²) in [5.41, 5.74) is 4.11. The van der Waals surface area contributed by atoms with E-state index in [0.29, 0.717) is 0 Å². The quantitative estimate of drug-likeness (QED) is 0.905. The Bertz CT molecular complexity index is 680. The second-order valence-electron chi connectivity index (χ2n) is 5.32. The Balaban J connectivity index is 1.99. The normalized spacial score (nSPS) is 21.2. The predicted octanol–water partition coefficient (Wildman–Crippen LogP) is 1.95. The average Bonchev–Trinajstić information content (AvgIpc) is 3.11. The van der Waals surface area contributed by atoms with Gasteiger partial charge in [-0.2, -0.15) is 13.2 Å². The van der Waals surface area contributed by atoms with Crippen molar-refractivity contribution in [2.75, 3.05) is 36.0 Å². The molecule has 0 spiro atoms. The summed E-state index contributed by atoms with van der Waals surface area (Å²) in [6, 6.07) is 3.30. The van der Waals surface area contributed by atoms with Gasteiger partial charge in [-0.1, -0.05) is 0 Å². The maximum Gasteiger partial charge on any atom is 0.418 e. The van der Waals surface area contributed by atoms with Gasteiger partial charge in [0.25, 0.3) is 0 Å². The highest BCUT2D eigenvalue weighted by atomic mass is 19.4. The van der Waals surface area contributed by atoms with Crippen molar-refractivity contribution >= 4 is 23.6 Å². The molecule has 2 aliphatic rings. The monoisotopic (exact) mass is 345 g/mol. The number of alkyl halides is 3. The van der Waals surface area contributed by atoms with E-state index >= 15 is 0 Å². The van der Waals surface area contributed by atoms with Crippen LogP contribution in [0.2, 0.25) is 0 Å². The molecule has 0 aromatic heterocycles. The number of rotatable bonds is 3. The summed E-state index contributed by atoms with van der Waals surface area (Å²) in [7, 11) is 0. The Kier molecular flexibility index (Phi) is 3.99. The third-order valence-electron chi connectivity index (χ3n) is 3.79. The van der Waals surface area contributed by atoms with Crippen LogP contribution < -0.4 is 15.5 Å². The summed E-state index contributed by atoms with van der Waals surface area (Å²) in [6.45, 7) is 0.195. The van der Waals surface area contributed by atoms with Crippen molar-refractivity contribution in [2.45, 2.75) is 12.3 Å². The maximum atomic E-state index is 13.4. The number of amides is 2. The van der Waals surface area contributed by atoms with Crippen LogP contribution in [0, 0.1) is 0 Å². The second kappa shape index (κ2) is 5.86. The molecule has 10 heteroatoms. The highest BCUT2D eigenvalue weighted by Crippen LogP contribution is 2.40. The van der Waals surface area contributed by atoms with Gasteiger partial charge < -0.3 is 15.2 Å². The van der Waals surface area contributed by atoms with E-state index in [9.17, 15) is 22.8 Å². The molecule has 0 aliphatic carbocycles. The molecular weight excluding hydrogens is 331 g/mol. The Morgan fingerprint density at radius 2 is 1.96 bits per heavy atom. The molecule has 3 rings (SSSR count). The average molecular weight is 345 g/mol. The molecule has 2 heterocycles. The van der Waals surface area contributed by atoms with Crippen LogP contribution in [0.25, 0.3) is 0 Å². The van der Waals surface area contributed by atoms with E-state index in [2.05, 4.69) is 4.74 Å². The molecule has 130 valence electrons. The molecule has 1 aromatic rings. The molecule has 7 nitrogen and oxygen atoms in total. The smallest absolute Gasteiger partial charge is 0.418 e. The van der Waals surface area contributed by atoms with E-state index in [1.165, 1.54) is 6.07 Å². The van der Waals surface area contributed by atoms with Crippen LogP contribution in [0.15, 0.2) is 18.2 Å². The third kappa shape index (κ3) is 2.84. The van der Waals surface area contributed by atoms with Crippen molar-refractivity contribution < 1.29 is 32.2 Å². The van der Waals surface area contributed by atoms with Gasteiger partial charge in [-0.3, -0.25) is 9.80 Å². The standard InChI is InChI=1S/C14H14F3N3O4/c15-14(16,17)10-5-8(20-7-9(6-18)24-13(20)22)1-2-11(10)19-3-4-23-12(19)21/h1-2,5,9H,3-4,6-7,18H2. The van der Waals surface area contributed by atoms with E-state index < -0.39 is 30.0 Å².